The third-order valence-electron chi connectivity index (χ3n) is 3.46. The van der Waals surface area contributed by atoms with Gasteiger partial charge in [-0.25, -0.2) is 0 Å². The van der Waals surface area contributed by atoms with Crippen molar-refractivity contribution in [3.63, 3.8) is 0 Å². The van der Waals surface area contributed by atoms with E-state index in [1.54, 1.807) is 0 Å². The van der Waals surface area contributed by atoms with Gasteiger partial charge in [0.2, 0.25) is 0 Å². The summed E-state index contributed by atoms with van der Waals surface area (Å²) in [7, 11) is 0. The van der Waals surface area contributed by atoms with Crippen molar-refractivity contribution in [1.29, 1.82) is 0 Å². The van der Waals surface area contributed by atoms with Crippen LogP contribution in [0.15, 0.2) is 16.7 Å². The van der Waals surface area contributed by atoms with E-state index in [1.165, 1.54) is 5.69 Å². The molecule has 2 aromatic heterocycles. The Morgan fingerprint density at radius 3 is 2.70 bits per heavy atom. The van der Waals surface area contributed by atoms with Crippen molar-refractivity contribution in [2.24, 2.45) is 0 Å². The minimum atomic E-state index is 0.608. The predicted octanol–water partition coefficient (Wildman–Crippen LogP) is 2.53. The van der Waals surface area contributed by atoms with Gasteiger partial charge in [-0.3, -0.25) is 9.36 Å². The van der Waals surface area contributed by atoms with Gasteiger partial charge < -0.3 is 10.6 Å². The first-order valence-corrected chi connectivity index (χ1v) is 8.94. The average molecular weight is 399 g/mol. The molecule has 0 aliphatic carbocycles. The molecule has 8 heteroatoms. The Morgan fingerprint density at radius 2 is 2.09 bits per heavy atom. The molecule has 0 aromatic carbocycles. The number of aryl methyl sites for hydroxylation is 4. The molecule has 0 aliphatic rings. The number of rotatable bonds is 7. The molecule has 0 saturated heterocycles. The fraction of sp³-hybridized carbons (Fsp3) is 0.533. The summed E-state index contributed by atoms with van der Waals surface area (Å²) in [6.45, 7) is 9.32. The molecule has 2 rings (SSSR count). The van der Waals surface area contributed by atoms with E-state index in [0.717, 1.165) is 41.9 Å². The van der Waals surface area contributed by atoms with Crippen LogP contribution in [0.1, 0.15) is 30.4 Å². The van der Waals surface area contributed by atoms with Crippen molar-refractivity contribution in [3.05, 3.63) is 33.8 Å². The maximum atomic E-state index is 5.30. The van der Waals surface area contributed by atoms with E-state index >= 15 is 0 Å². The van der Waals surface area contributed by atoms with Crippen LogP contribution < -0.4 is 10.6 Å². The van der Waals surface area contributed by atoms with E-state index in [9.17, 15) is 0 Å². The summed E-state index contributed by atoms with van der Waals surface area (Å²) in [5, 5.41) is 16.0. The van der Waals surface area contributed by atoms with Gasteiger partial charge in [-0.05, 0) is 61.4 Å². The average Bonchev–Trinajstić information content (AvgIpc) is 3.03. The zero-order valence-corrected chi connectivity index (χ0v) is 16.2. The Bertz CT molecular complexity index is 663. The molecule has 0 saturated carbocycles. The largest absolute Gasteiger partial charge is 0.363 e. The quantitative estimate of drug-likeness (QED) is 0.554. The number of hydrogen-bond donors (Lipinski definition) is 2. The van der Waals surface area contributed by atoms with Crippen LogP contribution in [0.3, 0.4) is 0 Å². The summed E-state index contributed by atoms with van der Waals surface area (Å²) in [4.78, 5) is 0. The number of hydrogen-bond acceptors (Lipinski definition) is 3. The lowest BCUT2D eigenvalue weighted by molar-refractivity contribution is 0.556. The van der Waals surface area contributed by atoms with E-state index in [4.69, 9.17) is 12.2 Å². The second kappa shape index (κ2) is 8.44. The van der Waals surface area contributed by atoms with E-state index < -0.39 is 0 Å². The molecular formula is C15H23BrN6S. The second-order valence-electron chi connectivity index (χ2n) is 5.39. The molecule has 0 spiro atoms. The summed E-state index contributed by atoms with van der Waals surface area (Å²) in [5.74, 6) is 0. The first-order valence-electron chi connectivity index (χ1n) is 7.74. The maximum Gasteiger partial charge on any atom is 0.166 e. The topological polar surface area (TPSA) is 59.7 Å². The third kappa shape index (κ3) is 5.31. The zero-order chi connectivity index (χ0) is 16.8. The van der Waals surface area contributed by atoms with Gasteiger partial charge in [0.25, 0.3) is 0 Å². The molecule has 2 aromatic rings. The SMILES string of the molecule is CCn1cc(Br)c(CNC(=S)NCCCn2nc(C)cc2C)n1. The van der Waals surface area contributed by atoms with E-state index in [1.807, 2.05) is 22.5 Å². The van der Waals surface area contributed by atoms with Crippen LogP contribution in [0.25, 0.3) is 0 Å². The molecule has 0 amide bonds. The fourth-order valence-electron chi connectivity index (χ4n) is 2.28. The van der Waals surface area contributed by atoms with Crippen molar-refractivity contribution in [2.45, 2.75) is 46.8 Å². The monoisotopic (exact) mass is 398 g/mol. The van der Waals surface area contributed by atoms with Crippen molar-refractivity contribution < 1.29 is 0 Å². The summed E-state index contributed by atoms with van der Waals surface area (Å²) < 4.78 is 4.92. The van der Waals surface area contributed by atoms with Gasteiger partial charge in [0, 0.05) is 31.5 Å². The van der Waals surface area contributed by atoms with Crippen molar-refractivity contribution in [2.75, 3.05) is 6.54 Å². The fourth-order valence-corrected chi connectivity index (χ4v) is 2.91. The molecule has 0 atom stereocenters. The van der Waals surface area contributed by atoms with Gasteiger partial charge in [-0.2, -0.15) is 10.2 Å². The molecule has 6 nitrogen and oxygen atoms in total. The second-order valence-corrected chi connectivity index (χ2v) is 6.66. The Labute approximate surface area is 150 Å². The lowest BCUT2D eigenvalue weighted by atomic mass is 10.4. The molecule has 2 N–H and O–H groups in total. The lowest BCUT2D eigenvalue weighted by Crippen LogP contribution is -2.35. The van der Waals surface area contributed by atoms with Crippen molar-refractivity contribution >= 4 is 33.3 Å². The molecule has 0 radical (unpaired) electrons. The molecule has 0 aliphatic heterocycles. The number of nitrogens with zero attached hydrogens (tertiary/aromatic N) is 4. The highest BCUT2D eigenvalue weighted by Crippen LogP contribution is 2.14. The molecule has 126 valence electrons. The summed E-state index contributed by atoms with van der Waals surface area (Å²) in [6, 6.07) is 2.09. The number of aromatic nitrogens is 4. The van der Waals surface area contributed by atoms with Crippen molar-refractivity contribution in [3.8, 4) is 0 Å². The number of nitrogens with one attached hydrogen (secondary N) is 2. The highest BCUT2D eigenvalue weighted by molar-refractivity contribution is 9.10. The van der Waals surface area contributed by atoms with Gasteiger partial charge in [0.05, 0.1) is 22.4 Å². The van der Waals surface area contributed by atoms with Gasteiger partial charge in [-0.15, -0.1) is 0 Å². The Balaban J connectivity index is 1.67. The van der Waals surface area contributed by atoms with E-state index in [0.29, 0.717) is 11.7 Å². The van der Waals surface area contributed by atoms with Gasteiger partial charge in [0.15, 0.2) is 5.11 Å². The summed E-state index contributed by atoms with van der Waals surface area (Å²) in [6.07, 6.45) is 2.94. The minimum Gasteiger partial charge on any atom is -0.363 e. The zero-order valence-electron chi connectivity index (χ0n) is 13.8. The van der Waals surface area contributed by atoms with E-state index in [2.05, 4.69) is 56.7 Å². The number of thiocarbonyl (C=S) groups is 1. The maximum absolute atomic E-state index is 5.30. The summed E-state index contributed by atoms with van der Waals surface area (Å²) >= 11 is 8.81. The summed E-state index contributed by atoms with van der Waals surface area (Å²) in [5.41, 5.74) is 3.21. The smallest absolute Gasteiger partial charge is 0.166 e. The molecular weight excluding hydrogens is 376 g/mol. The van der Waals surface area contributed by atoms with Gasteiger partial charge in [-0.1, -0.05) is 0 Å². The molecule has 2 heterocycles. The van der Waals surface area contributed by atoms with Crippen LogP contribution in [-0.4, -0.2) is 31.2 Å². The molecule has 23 heavy (non-hydrogen) atoms. The normalized spacial score (nSPS) is 10.8. The predicted molar refractivity (Wildman–Crippen MR) is 99.4 cm³/mol. The van der Waals surface area contributed by atoms with Crippen LogP contribution in [0, 0.1) is 13.8 Å². The van der Waals surface area contributed by atoms with Gasteiger partial charge in [0.1, 0.15) is 0 Å². The number of halogens is 1. The Kier molecular flexibility index (Phi) is 6.59. The lowest BCUT2D eigenvalue weighted by Gasteiger charge is -2.10. The van der Waals surface area contributed by atoms with Gasteiger partial charge >= 0.3 is 0 Å². The van der Waals surface area contributed by atoms with Crippen LogP contribution in [0.4, 0.5) is 0 Å². The molecule has 0 unspecified atom stereocenters. The van der Waals surface area contributed by atoms with Crippen LogP contribution >= 0.6 is 28.1 Å². The Morgan fingerprint density at radius 1 is 1.30 bits per heavy atom. The highest BCUT2D eigenvalue weighted by Gasteiger charge is 2.06. The third-order valence-corrected chi connectivity index (χ3v) is 4.41. The molecule has 0 bridgehead atoms. The first-order chi connectivity index (χ1) is 11.0. The standard InChI is InChI=1S/C15H23BrN6S/c1-4-21-10-13(16)14(20-21)9-18-15(23)17-6-5-7-22-12(3)8-11(2)19-22/h8,10H,4-7,9H2,1-3H3,(H2,17,18,23). The van der Waals surface area contributed by atoms with Crippen LogP contribution in [-0.2, 0) is 19.6 Å². The minimum absolute atomic E-state index is 0.608. The first kappa shape index (κ1) is 17.9. The molecule has 0 fully saturated rings. The van der Waals surface area contributed by atoms with Crippen LogP contribution in [0.2, 0.25) is 0 Å². The highest BCUT2D eigenvalue weighted by atomic mass is 79.9. The Hall–Kier alpha value is -1.41. The van der Waals surface area contributed by atoms with E-state index in [-0.39, 0.29) is 0 Å². The van der Waals surface area contributed by atoms with Crippen LogP contribution in [0.5, 0.6) is 0 Å². The van der Waals surface area contributed by atoms with Crippen molar-refractivity contribution in [1.82, 2.24) is 30.2 Å².